The van der Waals surface area contributed by atoms with Gasteiger partial charge in [-0.3, -0.25) is 0 Å². The van der Waals surface area contributed by atoms with Gasteiger partial charge < -0.3 is 9.47 Å². The molecule has 0 amide bonds. The number of nitrogens with zero attached hydrogens (tertiary/aromatic N) is 3. The highest BCUT2D eigenvalue weighted by Gasteiger charge is 2.38. The number of sulfone groups is 1. The lowest BCUT2D eigenvalue weighted by Crippen LogP contribution is -2.08. The summed E-state index contributed by atoms with van der Waals surface area (Å²) in [5.74, 6) is -0.772. The van der Waals surface area contributed by atoms with Gasteiger partial charge in [-0.2, -0.15) is 13.2 Å². The molecule has 2 aromatic carbocycles. The summed E-state index contributed by atoms with van der Waals surface area (Å²) in [5.41, 5.74) is 0.455. The van der Waals surface area contributed by atoms with Crippen LogP contribution in [0.4, 0.5) is 13.2 Å². The van der Waals surface area contributed by atoms with E-state index in [1.807, 2.05) is 0 Å². The van der Waals surface area contributed by atoms with Gasteiger partial charge >= 0.3 is 6.18 Å². The van der Waals surface area contributed by atoms with Gasteiger partial charge in [0.15, 0.2) is 15.7 Å². The van der Waals surface area contributed by atoms with Gasteiger partial charge in [0, 0.05) is 12.3 Å². The number of alkyl halides is 3. The van der Waals surface area contributed by atoms with Gasteiger partial charge in [-0.25, -0.2) is 18.1 Å². The van der Waals surface area contributed by atoms with Crippen LogP contribution in [0, 0.1) is 0 Å². The average Bonchev–Trinajstić information content (AvgIpc) is 3.12. The fourth-order valence-electron chi connectivity index (χ4n) is 2.60. The molecule has 1 aromatic heterocycles. The summed E-state index contributed by atoms with van der Waals surface area (Å²) in [4.78, 5) is 3.68. The molecule has 0 spiro atoms. The van der Waals surface area contributed by atoms with E-state index in [-0.39, 0.29) is 27.7 Å². The standard InChI is InChI=1S/C18H16F3N3O4S/c1-27-12-6-9-14(15(10-12)28-2)16-22-17(18(19,20)21)23-24(16)11-4-7-13(8-5-11)29(3,25)26/h4-10H,1-3H3. The largest absolute Gasteiger partial charge is 0.497 e. The second-order valence-electron chi connectivity index (χ2n) is 6.00. The summed E-state index contributed by atoms with van der Waals surface area (Å²) in [6.07, 6.45) is -3.74. The summed E-state index contributed by atoms with van der Waals surface area (Å²) in [6, 6.07) is 9.84. The summed E-state index contributed by atoms with van der Waals surface area (Å²) in [6.45, 7) is 0. The predicted molar refractivity (Wildman–Crippen MR) is 98.0 cm³/mol. The summed E-state index contributed by atoms with van der Waals surface area (Å²) >= 11 is 0. The van der Waals surface area contributed by atoms with Crippen LogP contribution in [0.2, 0.25) is 0 Å². The van der Waals surface area contributed by atoms with E-state index in [1.165, 1.54) is 50.6 Å². The molecule has 1 heterocycles. The van der Waals surface area contributed by atoms with Crippen LogP contribution in [-0.2, 0) is 16.0 Å². The van der Waals surface area contributed by atoms with E-state index in [1.54, 1.807) is 6.07 Å². The normalized spacial score (nSPS) is 12.1. The molecule has 0 aliphatic heterocycles. The van der Waals surface area contributed by atoms with Crippen molar-refractivity contribution in [1.82, 2.24) is 14.8 Å². The van der Waals surface area contributed by atoms with Crippen LogP contribution in [0.1, 0.15) is 5.82 Å². The molecule has 0 saturated carbocycles. The van der Waals surface area contributed by atoms with Gasteiger partial charge in [0.2, 0.25) is 0 Å². The lowest BCUT2D eigenvalue weighted by Gasteiger charge is -2.11. The summed E-state index contributed by atoms with van der Waals surface area (Å²) in [5, 5.41) is 3.58. The minimum absolute atomic E-state index is 0.0287. The third-order valence-corrected chi connectivity index (χ3v) is 5.15. The van der Waals surface area contributed by atoms with Crippen molar-refractivity contribution in [3.05, 3.63) is 48.3 Å². The molecule has 0 aliphatic rings. The maximum atomic E-state index is 13.3. The topological polar surface area (TPSA) is 83.3 Å². The molecule has 154 valence electrons. The number of halogens is 3. The first-order valence-corrected chi connectivity index (χ1v) is 10.0. The molecule has 29 heavy (non-hydrogen) atoms. The Labute approximate surface area is 164 Å². The number of hydrogen-bond donors (Lipinski definition) is 0. The Morgan fingerprint density at radius 3 is 2.17 bits per heavy atom. The monoisotopic (exact) mass is 427 g/mol. The average molecular weight is 427 g/mol. The number of hydrogen-bond acceptors (Lipinski definition) is 6. The van der Waals surface area contributed by atoms with E-state index in [9.17, 15) is 21.6 Å². The predicted octanol–water partition coefficient (Wildman–Crippen LogP) is 3.37. The lowest BCUT2D eigenvalue weighted by atomic mass is 10.1. The van der Waals surface area contributed by atoms with E-state index in [4.69, 9.17) is 9.47 Å². The molecule has 0 radical (unpaired) electrons. The van der Waals surface area contributed by atoms with Gasteiger partial charge in [0.25, 0.3) is 5.82 Å². The molecule has 3 aromatic rings. The fraction of sp³-hybridized carbons (Fsp3) is 0.222. The highest BCUT2D eigenvalue weighted by atomic mass is 32.2. The molecule has 3 rings (SSSR count). The van der Waals surface area contributed by atoms with Crippen LogP contribution in [0.5, 0.6) is 11.5 Å². The van der Waals surface area contributed by atoms with Crippen molar-refractivity contribution >= 4 is 9.84 Å². The van der Waals surface area contributed by atoms with Gasteiger partial charge in [-0.05, 0) is 36.4 Å². The maximum absolute atomic E-state index is 13.3. The second-order valence-corrected chi connectivity index (χ2v) is 8.02. The quantitative estimate of drug-likeness (QED) is 0.621. The molecule has 11 heteroatoms. The molecule has 7 nitrogen and oxygen atoms in total. The minimum atomic E-state index is -4.77. The minimum Gasteiger partial charge on any atom is -0.497 e. The van der Waals surface area contributed by atoms with Crippen molar-refractivity contribution in [3.63, 3.8) is 0 Å². The molecule has 0 fully saturated rings. The second kappa shape index (κ2) is 7.39. The summed E-state index contributed by atoms with van der Waals surface area (Å²) in [7, 11) is -0.648. The van der Waals surface area contributed by atoms with E-state index in [0.29, 0.717) is 5.75 Å². The Hall–Kier alpha value is -3.08. The highest BCUT2D eigenvalue weighted by molar-refractivity contribution is 7.90. The first-order valence-electron chi connectivity index (χ1n) is 8.11. The lowest BCUT2D eigenvalue weighted by molar-refractivity contribution is -0.144. The molecule has 0 aliphatic carbocycles. The number of methoxy groups -OCH3 is 2. The van der Waals surface area contributed by atoms with Gasteiger partial charge in [-0.1, -0.05) is 0 Å². The fourth-order valence-corrected chi connectivity index (χ4v) is 3.23. The molecular formula is C18H16F3N3O4S. The van der Waals surface area contributed by atoms with Gasteiger partial charge in [0.05, 0.1) is 30.4 Å². The smallest absolute Gasteiger partial charge is 0.453 e. The Bertz CT molecular complexity index is 1140. The zero-order valence-electron chi connectivity index (χ0n) is 15.6. The van der Waals surface area contributed by atoms with Crippen molar-refractivity contribution in [2.45, 2.75) is 11.1 Å². The van der Waals surface area contributed by atoms with Gasteiger partial charge in [-0.15, -0.1) is 5.10 Å². The molecule has 0 saturated heterocycles. The van der Waals surface area contributed by atoms with Gasteiger partial charge in [0.1, 0.15) is 11.5 Å². The van der Waals surface area contributed by atoms with Crippen molar-refractivity contribution in [2.75, 3.05) is 20.5 Å². The number of benzene rings is 2. The molecule has 0 unspecified atom stereocenters. The van der Waals surface area contributed by atoms with Crippen LogP contribution >= 0.6 is 0 Å². The van der Waals surface area contributed by atoms with Crippen LogP contribution in [0.15, 0.2) is 47.4 Å². The maximum Gasteiger partial charge on any atom is 0.453 e. The molecule has 0 atom stereocenters. The van der Waals surface area contributed by atoms with E-state index in [2.05, 4.69) is 10.1 Å². The Kier molecular flexibility index (Phi) is 5.26. The SMILES string of the molecule is COc1ccc(-c2nc(C(F)(F)F)nn2-c2ccc(S(C)(=O)=O)cc2)c(OC)c1. The highest BCUT2D eigenvalue weighted by Crippen LogP contribution is 2.36. The van der Waals surface area contributed by atoms with E-state index < -0.39 is 21.8 Å². The molecule has 0 N–H and O–H groups in total. The van der Waals surface area contributed by atoms with Crippen molar-refractivity contribution in [2.24, 2.45) is 0 Å². The van der Waals surface area contributed by atoms with Crippen LogP contribution in [-0.4, -0.2) is 43.7 Å². The first kappa shape index (κ1) is 20.6. The zero-order valence-corrected chi connectivity index (χ0v) is 16.4. The first-order chi connectivity index (χ1) is 13.5. The Balaban J connectivity index is 2.22. The number of aromatic nitrogens is 3. The van der Waals surface area contributed by atoms with Crippen LogP contribution < -0.4 is 9.47 Å². The van der Waals surface area contributed by atoms with Crippen molar-refractivity contribution < 1.29 is 31.1 Å². The number of rotatable bonds is 5. The Morgan fingerprint density at radius 2 is 1.66 bits per heavy atom. The zero-order chi connectivity index (χ0) is 21.4. The molecular weight excluding hydrogens is 411 g/mol. The number of ether oxygens (including phenoxy) is 2. The third-order valence-electron chi connectivity index (χ3n) is 4.02. The van der Waals surface area contributed by atoms with E-state index in [0.717, 1.165) is 10.9 Å². The Morgan fingerprint density at radius 1 is 1.00 bits per heavy atom. The van der Waals surface area contributed by atoms with Crippen LogP contribution in [0.3, 0.4) is 0 Å². The van der Waals surface area contributed by atoms with Crippen molar-refractivity contribution in [3.8, 4) is 28.6 Å². The summed E-state index contributed by atoms with van der Waals surface area (Å²) < 4.78 is 74.4. The third kappa shape index (κ3) is 4.19. The van der Waals surface area contributed by atoms with Crippen LogP contribution in [0.25, 0.3) is 17.1 Å². The van der Waals surface area contributed by atoms with E-state index >= 15 is 0 Å². The molecule has 0 bridgehead atoms. The van der Waals surface area contributed by atoms with Crippen molar-refractivity contribution in [1.29, 1.82) is 0 Å².